The molecule has 0 aromatic heterocycles. The topological polar surface area (TPSA) is 103 Å². The molecule has 0 saturated heterocycles. The number of alkyl carbamates (subject to hydrolysis) is 1. The SMILES string of the molecule is COC(=O)[C@@H](Cc1ccccc1OC)NC(=O)[C@@H](Cc1ccccc1)NC(=O)OCc1ccccc1. The van der Waals surface area contributed by atoms with Gasteiger partial charge in [0.05, 0.1) is 14.2 Å². The summed E-state index contributed by atoms with van der Waals surface area (Å²) in [5.41, 5.74) is 2.38. The van der Waals surface area contributed by atoms with Gasteiger partial charge in [0.1, 0.15) is 24.4 Å². The van der Waals surface area contributed by atoms with Gasteiger partial charge in [-0.15, -0.1) is 0 Å². The minimum atomic E-state index is -0.987. The fraction of sp³-hybridized carbons (Fsp3) is 0.250. The van der Waals surface area contributed by atoms with Gasteiger partial charge in [0, 0.05) is 12.8 Å². The molecule has 0 aliphatic rings. The maximum absolute atomic E-state index is 13.3. The van der Waals surface area contributed by atoms with E-state index in [2.05, 4.69) is 10.6 Å². The molecule has 2 N–H and O–H groups in total. The quantitative estimate of drug-likeness (QED) is 0.399. The normalized spacial score (nSPS) is 12.1. The minimum Gasteiger partial charge on any atom is -0.496 e. The van der Waals surface area contributed by atoms with Crippen molar-refractivity contribution in [3.8, 4) is 5.75 Å². The van der Waals surface area contributed by atoms with E-state index in [-0.39, 0.29) is 19.4 Å². The van der Waals surface area contributed by atoms with Gasteiger partial charge >= 0.3 is 12.1 Å². The molecule has 8 heteroatoms. The number of para-hydroxylation sites is 1. The lowest BCUT2D eigenvalue weighted by molar-refractivity contribution is -0.145. The number of carbonyl (C=O) groups is 3. The van der Waals surface area contributed by atoms with Crippen molar-refractivity contribution in [3.63, 3.8) is 0 Å². The molecule has 0 unspecified atom stereocenters. The fourth-order valence-corrected chi connectivity index (χ4v) is 3.67. The number of esters is 1. The molecule has 0 bridgehead atoms. The van der Waals surface area contributed by atoms with Crippen LogP contribution < -0.4 is 15.4 Å². The van der Waals surface area contributed by atoms with Crippen LogP contribution in [0.15, 0.2) is 84.9 Å². The Bertz CT molecular complexity index is 1140. The molecule has 3 aromatic rings. The average molecular weight is 491 g/mol. The fourth-order valence-electron chi connectivity index (χ4n) is 3.67. The van der Waals surface area contributed by atoms with Crippen LogP contribution in [0.4, 0.5) is 4.79 Å². The number of methoxy groups -OCH3 is 2. The van der Waals surface area contributed by atoms with Crippen LogP contribution in [0.1, 0.15) is 16.7 Å². The summed E-state index contributed by atoms with van der Waals surface area (Å²) in [6.45, 7) is 0.0605. The van der Waals surface area contributed by atoms with Crippen LogP contribution in [0.3, 0.4) is 0 Å². The van der Waals surface area contributed by atoms with Crippen molar-refractivity contribution in [2.75, 3.05) is 14.2 Å². The lowest BCUT2D eigenvalue weighted by atomic mass is 10.0. The predicted molar refractivity (Wildman–Crippen MR) is 134 cm³/mol. The summed E-state index contributed by atoms with van der Waals surface area (Å²) >= 11 is 0. The van der Waals surface area contributed by atoms with Crippen molar-refractivity contribution in [1.82, 2.24) is 10.6 Å². The summed E-state index contributed by atoms with van der Waals surface area (Å²) in [4.78, 5) is 38.4. The van der Waals surface area contributed by atoms with Gasteiger partial charge in [0.15, 0.2) is 0 Å². The van der Waals surface area contributed by atoms with Gasteiger partial charge in [0.25, 0.3) is 0 Å². The van der Waals surface area contributed by atoms with E-state index in [0.29, 0.717) is 5.75 Å². The molecule has 0 spiro atoms. The third-order valence-electron chi connectivity index (χ3n) is 5.52. The second-order valence-corrected chi connectivity index (χ2v) is 8.05. The standard InChI is InChI=1S/C28H30N2O6/c1-34-25-16-10-9-15-22(25)18-24(27(32)35-2)29-26(31)23(17-20-11-5-3-6-12-20)30-28(33)36-19-21-13-7-4-8-14-21/h3-16,23-24H,17-19H2,1-2H3,(H,29,31)(H,30,33)/t23-,24-/m1/s1. The van der Waals surface area contributed by atoms with Crippen LogP contribution in [-0.4, -0.2) is 44.3 Å². The molecule has 3 rings (SSSR count). The molecule has 0 aliphatic heterocycles. The Labute approximate surface area is 210 Å². The maximum atomic E-state index is 13.3. The van der Waals surface area contributed by atoms with Crippen molar-refractivity contribution in [2.24, 2.45) is 0 Å². The number of ether oxygens (including phenoxy) is 3. The first-order valence-electron chi connectivity index (χ1n) is 11.5. The number of hydrogen-bond donors (Lipinski definition) is 2. The minimum absolute atomic E-state index is 0.0605. The molecule has 2 amide bonds. The zero-order valence-electron chi connectivity index (χ0n) is 20.3. The smallest absolute Gasteiger partial charge is 0.408 e. The van der Waals surface area contributed by atoms with E-state index in [1.807, 2.05) is 78.9 Å². The van der Waals surface area contributed by atoms with Crippen LogP contribution in [0, 0.1) is 0 Å². The van der Waals surface area contributed by atoms with Gasteiger partial charge in [-0.05, 0) is 22.8 Å². The van der Waals surface area contributed by atoms with E-state index in [9.17, 15) is 14.4 Å². The van der Waals surface area contributed by atoms with Gasteiger partial charge in [-0.2, -0.15) is 0 Å². The first-order chi connectivity index (χ1) is 17.5. The van der Waals surface area contributed by atoms with Gasteiger partial charge in [0.2, 0.25) is 5.91 Å². The zero-order valence-corrected chi connectivity index (χ0v) is 20.3. The van der Waals surface area contributed by atoms with Crippen LogP contribution >= 0.6 is 0 Å². The molecule has 0 aliphatic carbocycles. The van der Waals surface area contributed by atoms with Crippen molar-refractivity contribution in [2.45, 2.75) is 31.5 Å². The Morgan fingerprint density at radius 1 is 0.722 bits per heavy atom. The molecular weight excluding hydrogens is 460 g/mol. The Morgan fingerprint density at radius 2 is 1.33 bits per heavy atom. The molecule has 2 atom stereocenters. The molecule has 8 nitrogen and oxygen atoms in total. The van der Waals surface area contributed by atoms with Crippen LogP contribution in [0.25, 0.3) is 0 Å². The summed E-state index contributed by atoms with van der Waals surface area (Å²) in [6, 6.07) is 23.7. The monoisotopic (exact) mass is 490 g/mol. The highest BCUT2D eigenvalue weighted by Gasteiger charge is 2.29. The molecule has 0 fully saturated rings. The number of benzene rings is 3. The molecule has 0 heterocycles. The number of nitrogens with one attached hydrogen (secondary N) is 2. The summed E-state index contributed by atoms with van der Waals surface area (Å²) in [5.74, 6) is -0.565. The third-order valence-corrected chi connectivity index (χ3v) is 5.52. The number of rotatable bonds is 11. The van der Waals surface area contributed by atoms with Crippen LogP contribution in [-0.2, 0) is 38.5 Å². The van der Waals surface area contributed by atoms with Crippen LogP contribution in [0.2, 0.25) is 0 Å². The van der Waals surface area contributed by atoms with Crippen molar-refractivity contribution >= 4 is 18.0 Å². The first kappa shape index (κ1) is 26.3. The number of hydrogen-bond acceptors (Lipinski definition) is 6. The predicted octanol–water partition coefficient (Wildman–Crippen LogP) is 3.43. The Hall–Kier alpha value is -4.33. The Balaban J connectivity index is 1.74. The Kier molecular flexibility index (Phi) is 9.88. The molecule has 3 aromatic carbocycles. The van der Waals surface area contributed by atoms with Crippen molar-refractivity contribution in [1.29, 1.82) is 0 Å². The van der Waals surface area contributed by atoms with Gasteiger partial charge in [-0.1, -0.05) is 78.9 Å². The number of carbonyl (C=O) groups excluding carboxylic acids is 3. The summed E-state index contributed by atoms with van der Waals surface area (Å²) in [5, 5.41) is 5.36. The van der Waals surface area contributed by atoms with Gasteiger partial charge < -0.3 is 24.8 Å². The first-order valence-corrected chi connectivity index (χ1v) is 11.5. The summed E-state index contributed by atoms with van der Waals surface area (Å²) in [7, 11) is 2.79. The molecule has 0 radical (unpaired) electrons. The van der Waals surface area contributed by atoms with E-state index in [4.69, 9.17) is 14.2 Å². The maximum Gasteiger partial charge on any atom is 0.408 e. The van der Waals surface area contributed by atoms with E-state index < -0.39 is 30.1 Å². The largest absolute Gasteiger partial charge is 0.496 e. The molecular formula is C28H30N2O6. The highest BCUT2D eigenvalue weighted by molar-refractivity contribution is 5.90. The second kappa shape index (κ2) is 13.5. The van der Waals surface area contributed by atoms with Crippen molar-refractivity contribution < 1.29 is 28.6 Å². The second-order valence-electron chi connectivity index (χ2n) is 8.05. The van der Waals surface area contributed by atoms with Gasteiger partial charge in [-0.25, -0.2) is 9.59 Å². The van der Waals surface area contributed by atoms with Crippen LogP contribution in [0.5, 0.6) is 5.75 Å². The molecule has 0 saturated carbocycles. The van der Waals surface area contributed by atoms with Crippen molar-refractivity contribution in [3.05, 3.63) is 102 Å². The van der Waals surface area contributed by atoms with E-state index in [1.165, 1.54) is 14.2 Å². The molecule has 188 valence electrons. The lowest BCUT2D eigenvalue weighted by Crippen LogP contribution is -2.53. The van der Waals surface area contributed by atoms with Gasteiger partial charge in [-0.3, -0.25) is 4.79 Å². The van der Waals surface area contributed by atoms with E-state index in [1.54, 1.807) is 6.07 Å². The summed E-state index contributed by atoms with van der Waals surface area (Å²) in [6.07, 6.45) is -0.386. The van der Waals surface area contributed by atoms with E-state index in [0.717, 1.165) is 16.7 Å². The summed E-state index contributed by atoms with van der Waals surface area (Å²) < 4.78 is 15.6. The van der Waals surface area contributed by atoms with E-state index >= 15 is 0 Å². The highest BCUT2D eigenvalue weighted by Crippen LogP contribution is 2.19. The third kappa shape index (κ3) is 7.87. The average Bonchev–Trinajstić information content (AvgIpc) is 2.92. The lowest BCUT2D eigenvalue weighted by Gasteiger charge is -2.23. The highest BCUT2D eigenvalue weighted by atomic mass is 16.5. The zero-order chi connectivity index (χ0) is 25.8. The number of amides is 2. The molecule has 36 heavy (non-hydrogen) atoms. The Morgan fingerprint density at radius 3 is 1.97 bits per heavy atom.